The average molecular weight is 316 g/mol. The van der Waals surface area contributed by atoms with Crippen LogP contribution in [-0.4, -0.2) is 52.8 Å². The summed E-state index contributed by atoms with van der Waals surface area (Å²) in [5.41, 5.74) is 7.15. The van der Waals surface area contributed by atoms with E-state index in [0.717, 1.165) is 38.3 Å². The highest BCUT2D eigenvalue weighted by molar-refractivity contribution is 5.85. The number of nitrogens with two attached hydrogens (primary N) is 1. The number of hydrogen-bond donors (Lipinski definition) is 1. The van der Waals surface area contributed by atoms with Gasteiger partial charge in [0.1, 0.15) is 0 Å². The molecule has 0 bridgehead atoms. The molecule has 120 valence electrons. The molecule has 7 heteroatoms. The van der Waals surface area contributed by atoms with Gasteiger partial charge in [0.15, 0.2) is 0 Å². The van der Waals surface area contributed by atoms with Crippen molar-refractivity contribution in [1.82, 2.24) is 14.7 Å². The van der Waals surface area contributed by atoms with Crippen LogP contribution in [0.15, 0.2) is 12.4 Å². The number of nitrogens with zero attached hydrogens (tertiary/aromatic N) is 4. The number of rotatable bonds is 4. The van der Waals surface area contributed by atoms with E-state index in [4.69, 9.17) is 5.73 Å². The number of hydrogen-bond acceptors (Lipinski definition) is 4. The third-order valence-corrected chi connectivity index (χ3v) is 4.19. The highest BCUT2D eigenvalue weighted by Gasteiger charge is 2.28. The zero-order valence-corrected chi connectivity index (χ0v) is 13.8. The Kier molecular flexibility index (Phi) is 6.48. The van der Waals surface area contributed by atoms with Gasteiger partial charge in [-0.3, -0.25) is 9.48 Å². The minimum atomic E-state index is -0.370. The second kappa shape index (κ2) is 7.66. The van der Waals surface area contributed by atoms with Gasteiger partial charge < -0.3 is 15.5 Å². The van der Waals surface area contributed by atoms with E-state index in [1.807, 2.05) is 31.3 Å². The first-order valence-electron chi connectivity index (χ1n) is 7.31. The van der Waals surface area contributed by atoms with Gasteiger partial charge >= 0.3 is 0 Å². The van der Waals surface area contributed by atoms with Gasteiger partial charge in [0, 0.05) is 39.4 Å². The molecule has 0 saturated carbocycles. The highest BCUT2D eigenvalue weighted by Crippen LogP contribution is 2.16. The maximum absolute atomic E-state index is 12.3. The van der Waals surface area contributed by atoms with Crippen LogP contribution < -0.4 is 10.6 Å². The molecular weight excluding hydrogens is 290 g/mol. The van der Waals surface area contributed by atoms with Crippen molar-refractivity contribution < 1.29 is 4.79 Å². The zero-order chi connectivity index (χ0) is 14.7. The fraction of sp³-hybridized carbons (Fsp3) is 0.714. The number of aryl methyl sites for hydroxylation is 1. The van der Waals surface area contributed by atoms with E-state index in [2.05, 4.69) is 16.9 Å². The van der Waals surface area contributed by atoms with Crippen molar-refractivity contribution in [3.8, 4) is 0 Å². The van der Waals surface area contributed by atoms with Gasteiger partial charge in [-0.15, -0.1) is 12.4 Å². The summed E-state index contributed by atoms with van der Waals surface area (Å²) in [7, 11) is 1.91. The predicted molar refractivity (Wildman–Crippen MR) is 86.7 cm³/mol. The lowest BCUT2D eigenvalue weighted by molar-refractivity contribution is -0.134. The molecule has 6 nitrogen and oxygen atoms in total. The molecule has 0 aromatic carbocycles. The van der Waals surface area contributed by atoms with Crippen molar-refractivity contribution in [2.75, 3.05) is 31.1 Å². The summed E-state index contributed by atoms with van der Waals surface area (Å²) in [4.78, 5) is 16.5. The summed E-state index contributed by atoms with van der Waals surface area (Å²) in [6.07, 6.45) is 4.80. The third-order valence-electron chi connectivity index (χ3n) is 4.19. The SMILES string of the molecule is CCC(C)C(N)C(=O)N1CCN(c2cnn(C)c2)CC1.Cl. The molecule has 1 fully saturated rings. The normalized spacial score (nSPS) is 18.1. The van der Waals surface area contributed by atoms with Gasteiger partial charge in [0.25, 0.3) is 0 Å². The first-order valence-corrected chi connectivity index (χ1v) is 7.31. The molecule has 0 radical (unpaired) electrons. The standard InChI is InChI=1S/C14H25N5O.ClH/c1-4-11(2)13(15)14(20)19-7-5-18(6-8-19)12-9-16-17(3)10-12;/h9-11,13H,4-8,15H2,1-3H3;1H. The van der Waals surface area contributed by atoms with Crippen LogP contribution in [0.5, 0.6) is 0 Å². The highest BCUT2D eigenvalue weighted by atomic mass is 35.5. The van der Waals surface area contributed by atoms with Crippen LogP contribution in [0, 0.1) is 5.92 Å². The molecule has 1 aliphatic rings. The Bertz CT molecular complexity index is 456. The first-order chi connectivity index (χ1) is 9.52. The van der Waals surface area contributed by atoms with Crippen molar-refractivity contribution in [1.29, 1.82) is 0 Å². The summed E-state index contributed by atoms with van der Waals surface area (Å²) in [5.74, 6) is 0.323. The smallest absolute Gasteiger partial charge is 0.239 e. The predicted octanol–water partition coefficient (Wildman–Crippen LogP) is 0.864. The second-order valence-corrected chi connectivity index (χ2v) is 5.60. The molecule has 21 heavy (non-hydrogen) atoms. The maximum Gasteiger partial charge on any atom is 0.239 e. The molecule has 1 amide bonds. The van der Waals surface area contributed by atoms with Crippen LogP contribution in [0.1, 0.15) is 20.3 Å². The molecule has 1 saturated heterocycles. The van der Waals surface area contributed by atoms with E-state index < -0.39 is 0 Å². The molecule has 2 atom stereocenters. The first kappa shape index (κ1) is 17.8. The zero-order valence-electron chi connectivity index (χ0n) is 13.0. The lowest BCUT2D eigenvalue weighted by Crippen LogP contribution is -2.54. The van der Waals surface area contributed by atoms with Crippen LogP contribution >= 0.6 is 12.4 Å². The van der Waals surface area contributed by atoms with Crippen molar-refractivity contribution in [2.24, 2.45) is 18.7 Å². The van der Waals surface area contributed by atoms with Crippen LogP contribution in [0.3, 0.4) is 0 Å². The van der Waals surface area contributed by atoms with E-state index in [-0.39, 0.29) is 30.3 Å². The Morgan fingerprint density at radius 2 is 2.00 bits per heavy atom. The topological polar surface area (TPSA) is 67.4 Å². The molecule has 1 aliphatic heterocycles. The number of carbonyl (C=O) groups is 1. The molecule has 0 spiro atoms. The van der Waals surface area contributed by atoms with Crippen molar-refractivity contribution in [2.45, 2.75) is 26.3 Å². The number of anilines is 1. The van der Waals surface area contributed by atoms with Gasteiger partial charge in [-0.1, -0.05) is 20.3 Å². The molecule has 2 N–H and O–H groups in total. The van der Waals surface area contributed by atoms with Crippen LogP contribution in [0.25, 0.3) is 0 Å². The van der Waals surface area contributed by atoms with Gasteiger partial charge in [0.2, 0.25) is 5.91 Å². The quantitative estimate of drug-likeness (QED) is 0.895. The van der Waals surface area contributed by atoms with Crippen molar-refractivity contribution in [3.63, 3.8) is 0 Å². The lowest BCUT2D eigenvalue weighted by atomic mass is 9.98. The Balaban J connectivity index is 0.00000220. The number of halogens is 1. The lowest BCUT2D eigenvalue weighted by Gasteiger charge is -2.37. The molecule has 2 heterocycles. The van der Waals surface area contributed by atoms with Crippen LogP contribution in [0.4, 0.5) is 5.69 Å². The Morgan fingerprint density at radius 3 is 2.48 bits per heavy atom. The number of amides is 1. The summed E-state index contributed by atoms with van der Waals surface area (Å²) < 4.78 is 1.80. The Hall–Kier alpha value is -1.27. The van der Waals surface area contributed by atoms with Crippen LogP contribution in [-0.2, 0) is 11.8 Å². The number of carbonyl (C=O) groups excluding carboxylic acids is 1. The minimum Gasteiger partial charge on any atom is -0.365 e. The van der Waals surface area contributed by atoms with E-state index >= 15 is 0 Å². The molecule has 0 aliphatic carbocycles. The van der Waals surface area contributed by atoms with Gasteiger partial charge in [-0.2, -0.15) is 5.10 Å². The van der Waals surface area contributed by atoms with E-state index in [9.17, 15) is 4.79 Å². The number of piperazine rings is 1. The monoisotopic (exact) mass is 315 g/mol. The molecule has 1 aromatic rings. The molecular formula is C14H26ClN5O. The molecule has 2 unspecified atom stereocenters. The Labute approximate surface area is 132 Å². The third kappa shape index (κ3) is 4.11. The van der Waals surface area contributed by atoms with Gasteiger partial charge in [-0.25, -0.2) is 0 Å². The maximum atomic E-state index is 12.3. The molecule has 2 rings (SSSR count). The summed E-state index contributed by atoms with van der Waals surface area (Å²) in [6, 6.07) is -0.370. The summed E-state index contributed by atoms with van der Waals surface area (Å²) in [6.45, 7) is 7.25. The fourth-order valence-electron chi connectivity index (χ4n) is 2.46. The second-order valence-electron chi connectivity index (χ2n) is 5.60. The van der Waals surface area contributed by atoms with E-state index in [1.54, 1.807) is 4.68 Å². The Morgan fingerprint density at radius 1 is 1.38 bits per heavy atom. The van der Waals surface area contributed by atoms with E-state index in [1.165, 1.54) is 0 Å². The minimum absolute atomic E-state index is 0. The van der Waals surface area contributed by atoms with Crippen molar-refractivity contribution >= 4 is 24.0 Å². The van der Waals surface area contributed by atoms with E-state index in [0.29, 0.717) is 0 Å². The summed E-state index contributed by atoms with van der Waals surface area (Å²) in [5, 5.41) is 4.18. The van der Waals surface area contributed by atoms with Gasteiger partial charge in [0.05, 0.1) is 17.9 Å². The van der Waals surface area contributed by atoms with Crippen LogP contribution in [0.2, 0.25) is 0 Å². The largest absolute Gasteiger partial charge is 0.365 e. The summed E-state index contributed by atoms with van der Waals surface area (Å²) >= 11 is 0. The molecule has 1 aromatic heterocycles. The fourth-order valence-corrected chi connectivity index (χ4v) is 2.46. The number of aromatic nitrogens is 2. The van der Waals surface area contributed by atoms with Gasteiger partial charge in [-0.05, 0) is 5.92 Å². The average Bonchev–Trinajstić information content (AvgIpc) is 2.91. The van der Waals surface area contributed by atoms with Crippen molar-refractivity contribution in [3.05, 3.63) is 12.4 Å².